The molecule has 2 rings (SSSR count). The smallest absolute Gasteiger partial charge is 0.153 e. The number of rotatable bonds is 2. The minimum absolute atomic E-state index is 0.0111. The Morgan fingerprint density at radius 2 is 2.50 bits per heavy atom. The molecule has 0 amide bonds. The van der Waals surface area contributed by atoms with E-state index in [1.807, 2.05) is 18.2 Å². The number of amidine groups is 1. The van der Waals surface area contributed by atoms with Crippen LogP contribution in [0.15, 0.2) is 28.9 Å². The molecule has 2 aliphatic rings. The van der Waals surface area contributed by atoms with Crippen molar-refractivity contribution in [2.75, 3.05) is 6.61 Å². The number of allylic oxidation sites excluding steroid dienone is 2. The zero-order valence-corrected chi connectivity index (χ0v) is 7.72. The third-order valence-electron chi connectivity index (χ3n) is 2.26. The summed E-state index contributed by atoms with van der Waals surface area (Å²) in [7, 11) is 0. The van der Waals surface area contributed by atoms with Gasteiger partial charge in [-0.2, -0.15) is 0 Å². The molecule has 0 saturated heterocycles. The Bertz CT molecular complexity index is 309. The van der Waals surface area contributed by atoms with E-state index in [4.69, 9.17) is 5.11 Å². The van der Waals surface area contributed by atoms with Crippen molar-refractivity contribution in [3.8, 4) is 0 Å². The Hall–Kier alpha value is -1.17. The zero-order valence-electron chi connectivity index (χ0n) is 7.72. The summed E-state index contributed by atoms with van der Waals surface area (Å²) in [6, 6.07) is -0.0148. The summed E-state index contributed by atoms with van der Waals surface area (Å²) in [4.78, 5) is 4.33. The topological polar surface area (TPSA) is 71.4 Å². The lowest BCUT2D eigenvalue weighted by molar-refractivity contribution is -1.02. The number of hydroxylamine groups is 1. The molecule has 0 aromatic carbocycles. The first kappa shape index (κ1) is 9.39. The van der Waals surface area contributed by atoms with Crippen LogP contribution in [0.5, 0.6) is 0 Å². The molecule has 1 aliphatic carbocycles. The molecule has 76 valence electrons. The second-order valence-corrected chi connectivity index (χ2v) is 3.26. The van der Waals surface area contributed by atoms with Gasteiger partial charge in [-0.3, -0.25) is 0 Å². The van der Waals surface area contributed by atoms with Gasteiger partial charge in [-0.05, 0) is 24.8 Å². The monoisotopic (exact) mass is 195 g/mol. The quantitative estimate of drug-likeness (QED) is 0.558. The molecule has 2 unspecified atom stereocenters. The number of aliphatic imine (C=N–C) groups is 1. The maximum atomic E-state index is 9.59. The zero-order chi connectivity index (χ0) is 9.97. The molecular formula is C9H13N3O2. The van der Waals surface area contributed by atoms with E-state index in [9.17, 15) is 5.21 Å². The second kappa shape index (κ2) is 3.91. The predicted molar refractivity (Wildman–Crippen MR) is 50.9 cm³/mol. The number of quaternary nitrogens is 1. The highest BCUT2D eigenvalue weighted by atomic mass is 16.5. The van der Waals surface area contributed by atoms with E-state index in [0.717, 1.165) is 12.1 Å². The standard InChI is InChI=1S/C9H13N3O2/c13-6-5-9-10-7-3-1-2-4-8(7)12(14)11-9/h1-2,4,7,12-14H,3,5-6H2. The number of aliphatic hydroxyl groups is 1. The van der Waals surface area contributed by atoms with Crippen LogP contribution in [-0.4, -0.2) is 28.8 Å². The molecule has 1 aliphatic heterocycles. The third kappa shape index (κ3) is 1.70. The Balaban J connectivity index is 2.18. The molecule has 2 atom stereocenters. The molecule has 5 heteroatoms. The molecule has 3 N–H and O–H groups in total. The van der Waals surface area contributed by atoms with Gasteiger partial charge in [0.15, 0.2) is 5.70 Å². The summed E-state index contributed by atoms with van der Waals surface area (Å²) in [6.07, 6.45) is 6.92. The lowest BCUT2D eigenvalue weighted by Gasteiger charge is -2.34. The molecule has 0 fully saturated rings. The molecule has 0 radical (unpaired) electrons. The highest BCUT2D eigenvalue weighted by Gasteiger charge is 2.23. The Labute approximate surface area is 82.0 Å². The first-order valence-corrected chi connectivity index (χ1v) is 4.63. The van der Waals surface area contributed by atoms with Crippen LogP contribution in [0.2, 0.25) is 0 Å². The molecule has 0 aromatic rings. The summed E-state index contributed by atoms with van der Waals surface area (Å²) in [5, 5.41) is 18.4. The van der Waals surface area contributed by atoms with Crippen molar-refractivity contribution in [1.82, 2.24) is 0 Å². The number of hydrogen-bond acceptors (Lipinski definition) is 3. The van der Waals surface area contributed by atoms with Gasteiger partial charge >= 0.3 is 0 Å². The van der Waals surface area contributed by atoms with E-state index in [0.29, 0.717) is 12.3 Å². The minimum atomic E-state index is -0.0148. The van der Waals surface area contributed by atoms with Gasteiger partial charge in [-0.1, -0.05) is 12.2 Å². The van der Waals surface area contributed by atoms with Crippen molar-refractivity contribution in [3.05, 3.63) is 29.4 Å². The van der Waals surface area contributed by atoms with Gasteiger partial charge in [-0.15, -0.1) is 5.17 Å². The van der Waals surface area contributed by atoms with Crippen molar-refractivity contribution >= 4 is 5.84 Å². The van der Waals surface area contributed by atoms with Gasteiger partial charge < -0.3 is 10.1 Å². The average Bonchev–Trinajstić information content (AvgIpc) is 2.18. The molecular weight excluding hydrogens is 182 g/mol. The Kier molecular flexibility index (Phi) is 2.62. The van der Waals surface area contributed by atoms with E-state index < -0.39 is 0 Å². The predicted octanol–water partition coefficient (Wildman–Crippen LogP) is -0.444. The van der Waals surface area contributed by atoms with Crippen molar-refractivity contribution < 1.29 is 15.5 Å². The normalized spacial score (nSPS) is 30.1. The average molecular weight is 195 g/mol. The van der Waals surface area contributed by atoms with Gasteiger partial charge in [0.1, 0.15) is 0 Å². The maximum Gasteiger partial charge on any atom is 0.153 e. The number of hydrogen-bond donors (Lipinski definition) is 3. The van der Waals surface area contributed by atoms with Crippen LogP contribution in [0.4, 0.5) is 0 Å². The summed E-state index contributed by atoms with van der Waals surface area (Å²) in [6.45, 7) is 0.0111. The van der Waals surface area contributed by atoms with Crippen LogP contribution in [0.1, 0.15) is 12.8 Å². The Morgan fingerprint density at radius 1 is 1.64 bits per heavy atom. The molecule has 0 spiro atoms. The van der Waals surface area contributed by atoms with Crippen molar-refractivity contribution in [2.24, 2.45) is 4.99 Å². The fourth-order valence-electron chi connectivity index (χ4n) is 1.58. The van der Waals surface area contributed by atoms with Gasteiger partial charge in [0.25, 0.3) is 0 Å². The largest absolute Gasteiger partial charge is 0.452 e. The molecule has 0 bridgehead atoms. The lowest BCUT2D eigenvalue weighted by atomic mass is 10.1. The number of aliphatic hydroxyl groups excluding tert-OH is 1. The van der Waals surface area contributed by atoms with Crippen LogP contribution in [0.3, 0.4) is 0 Å². The maximum absolute atomic E-state index is 9.59. The summed E-state index contributed by atoms with van der Waals surface area (Å²) in [5.41, 5.74) is 4.69. The van der Waals surface area contributed by atoms with Crippen molar-refractivity contribution in [2.45, 2.75) is 18.9 Å². The van der Waals surface area contributed by atoms with Crippen LogP contribution >= 0.6 is 0 Å². The molecule has 5 nitrogen and oxygen atoms in total. The van der Waals surface area contributed by atoms with E-state index >= 15 is 0 Å². The summed E-state index contributed by atoms with van der Waals surface area (Å²) < 4.78 is 0. The number of nitrogens with one attached hydrogen (secondary N) is 1. The second-order valence-electron chi connectivity index (χ2n) is 3.26. The highest BCUT2D eigenvalue weighted by Crippen LogP contribution is 2.16. The van der Waals surface area contributed by atoms with E-state index in [1.165, 1.54) is 0 Å². The van der Waals surface area contributed by atoms with E-state index in [1.54, 1.807) is 0 Å². The van der Waals surface area contributed by atoms with E-state index in [-0.39, 0.29) is 17.8 Å². The number of fused-ring (bicyclic) bond motifs is 1. The SMILES string of the molecule is OCCC1=NC2CC=CC=C2[NH+](O)[N-]1. The molecule has 1 heterocycles. The van der Waals surface area contributed by atoms with Gasteiger partial charge in [0, 0.05) is 12.6 Å². The van der Waals surface area contributed by atoms with Gasteiger partial charge in [0.2, 0.25) is 0 Å². The Morgan fingerprint density at radius 3 is 3.29 bits per heavy atom. The van der Waals surface area contributed by atoms with Crippen molar-refractivity contribution in [3.63, 3.8) is 0 Å². The molecule has 14 heavy (non-hydrogen) atoms. The third-order valence-corrected chi connectivity index (χ3v) is 2.26. The van der Waals surface area contributed by atoms with E-state index in [2.05, 4.69) is 10.4 Å². The fourth-order valence-corrected chi connectivity index (χ4v) is 1.58. The van der Waals surface area contributed by atoms with Crippen LogP contribution in [-0.2, 0) is 0 Å². The summed E-state index contributed by atoms with van der Waals surface area (Å²) in [5.74, 6) is 0.530. The fraction of sp³-hybridized carbons (Fsp3) is 0.444. The first-order valence-electron chi connectivity index (χ1n) is 4.63. The van der Waals surface area contributed by atoms with Gasteiger partial charge in [0.05, 0.1) is 0 Å². The molecule has 0 aromatic heterocycles. The van der Waals surface area contributed by atoms with Crippen LogP contribution in [0, 0.1) is 0 Å². The first-order chi connectivity index (χ1) is 6.81. The number of nitrogens with zero attached hydrogens (tertiary/aromatic N) is 2. The minimum Gasteiger partial charge on any atom is -0.452 e. The summed E-state index contributed by atoms with van der Waals surface area (Å²) >= 11 is 0. The van der Waals surface area contributed by atoms with Crippen molar-refractivity contribution in [1.29, 1.82) is 0 Å². The van der Waals surface area contributed by atoms with Crippen LogP contribution < -0.4 is 5.17 Å². The van der Waals surface area contributed by atoms with Crippen LogP contribution in [0.25, 0.3) is 5.43 Å². The highest BCUT2D eigenvalue weighted by molar-refractivity contribution is 5.93. The molecule has 0 saturated carbocycles. The lowest BCUT2D eigenvalue weighted by Crippen LogP contribution is -3.06. The van der Waals surface area contributed by atoms with Gasteiger partial charge in [-0.25, -0.2) is 10.6 Å².